The third-order valence-corrected chi connectivity index (χ3v) is 5.55. The van der Waals surface area contributed by atoms with E-state index in [1.54, 1.807) is 28.8 Å². The number of carbonyl (C=O) groups is 1. The average Bonchev–Trinajstić information content (AvgIpc) is 2.98. The van der Waals surface area contributed by atoms with Crippen molar-refractivity contribution in [3.05, 3.63) is 69.5 Å². The van der Waals surface area contributed by atoms with Crippen LogP contribution in [0.25, 0.3) is 0 Å². The van der Waals surface area contributed by atoms with Crippen molar-refractivity contribution in [3.63, 3.8) is 0 Å². The summed E-state index contributed by atoms with van der Waals surface area (Å²) in [6.45, 7) is 0.591. The Morgan fingerprint density at radius 3 is 2.77 bits per heavy atom. The first kappa shape index (κ1) is 15.7. The fraction of sp³-hybridized carbons (Fsp3) is 0.188. The molecule has 2 aromatic rings. The minimum atomic E-state index is -0.421. The molecule has 6 heteroatoms. The highest BCUT2D eigenvalue weighted by molar-refractivity contribution is 7.99. The number of rotatable bonds is 2. The lowest BCUT2D eigenvalue weighted by Gasteiger charge is -2.25. The molecular weight excluding hydrogens is 344 g/mol. The first-order chi connectivity index (χ1) is 10.6. The fourth-order valence-corrected chi connectivity index (χ4v) is 4.19. The molecule has 1 amide bonds. The Hall–Kier alpha value is -1.23. The van der Waals surface area contributed by atoms with Gasteiger partial charge in [0.1, 0.15) is 11.2 Å². The van der Waals surface area contributed by atoms with Crippen LogP contribution in [0.15, 0.2) is 42.5 Å². The van der Waals surface area contributed by atoms with E-state index in [-0.39, 0.29) is 11.3 Å². The molecule has 1 unspecified atom stereocenters. The van der Waals surface area contributed by atoms with Crippen molar-refractivity contribution in [3.8, 4) is 0 Å². The zero-order valence-corrected chi connectivity index (χ0v) is 13.8. The van der Waals surface area contributed by atoms with E-state index >= 15 is 0 Å². The van der Waals surface area contributed by atoms with E-state index < -0.39 is 5.82 Å². The molecule has 3 rings (SSSR count). The maximum atomic E-state index is 13.3. The van der Waals surface area contributed by atoms with Crippen LogP contribution in [0.2, 0.25) is 10.0 Å². The van der Waals surface area contributed by atoms with E-state index in [9.17, 15) is 9.18 Å². The molecule has 0 N–H and O–H groups in total. The van der Waals surface area contributed by atoms with Crippen LogP contribution in [-0.4, -0.2) is 23.1 Å². The summed E-state index contributed by atoms with van der Waals surface area (Å²) in [4.78, 5) is 14.4. The first-order valence-corrected chi connectivity index (χ1v) is 8.50. The van der Waals surface area contributed by atoms with Gasteiger partial charge in [-0.1, -0.05) is 41.4 Å². The van der Waals surface area contributed by atoms with Gasteiger partial charge in [-0.05, 0) is 24.3 Å². The molecule has 1 aliphatic heterocycles. The van der Waals surface area contributed by atoms with Crippen molar-refractivity contribution in [1.29, 1.82) is 0 Å². The third-order valence-electron chi connectivity index (χ3n) is 3.47. The Bertz CT molecular complexity index is 725. The molecule has 2 nitrogen and oxygen atoms in total. The molecule has 0 radical (unpaired) electrons. The molecule has 1 aliphatic rings. The first-order valence-electron chi connectivity index (χ1n) is 6.70. The second-order valence-corrected chi connectivity index (χ2v) is 6.85. The Kier molecular flexibility index (Phi) is 4.62. The van der Waals surface area contributed by atoms with Gasteiger partial charge in [0.2, 0.25) is 0 Å². The summed E-state index contributed by atoms with van der Waals surface area (Å²) >= 11 is 14.0. The van der Waals surface area contributed by atoms with E-state index in [1.807, 2.05) is 12.1 Å². The number of thioether (sulfide) groups is 1. The summed E-state index contributed by atoms with van der Waals surface area (Å²) < 4.78 is 13.3. The van der Waals surface area contributed by atoms with Gasteiger partial charge in [0.25, 0.3) is 5.91 Å². The topological polar surface area (TPSA) is 20.3 Å². The highest BCUT2D eigenvalue weighted by Crippen LogP contribution is 2.43. The van der Waals surface area contributed by atoms with Crippen molar-refractivity contribution >= 4 is 40.9 Å². The monoisotopic (exact) mass is 355 g/mol. The second kappa shape index (κ2) is 6.49. The lowest BCUT2D eigenvalue weighted by molar-refractivity contribution is 0.0760. The lowest BCUT2D eigenvalue weighted by Crippen LogP contribution is -2.30. The van der Waals surface area contributed by atoms with Gasteiger partial charge in [0, 0.05) is 23.4 Å². The fourth-order valence-electron chi connectivity index (χ4n) is 2.43. The molecule has 1 atom stereocenters. The molecule has 0 saturated carbocycles. The summed E-state index contributed by atoms with van der Waals surface area (Å²) in [5, 5.41) is 0.715. The van der Waals surface area contributed by atoms with Crippen LogP contribution in [0.3, 0.4) is 0 Å². The minimum Gasteiger partial charge on any atom is -0.322 e. The number of amides is 1. The van der Waals surface area contributed by atoms with Crippen molar-refractivity contribution in [1.82, 2.24) is 4.90 Å². The van der Waals surface area contributed by atoms with Crippen molar-refractivity contribution in [2.45, 2.75) is 5.37 Å². The van der Waals surface area contributed by atoms with Crippen LogP contribution >= 0.6 is 35.0 Å². The van der Waals surface area contributed by atoms with Gasteiger partial charge in [0.05, 0.1) is 10.0 Å². The van der Waals surface area contributed by atoms with Crippen molar-refractivity contribution < 1.29 is 9.18 Å². The van der Waals surface area contributed by atoms with E-state index in [4.69, 9.17) is 23.2 Å². The molecule has 2 aromatic carbocycles. The molecule has 0 bridgehead atoms. The second-order valence-electron chi connectivity index (χ2n) is 4.88. The minimum absolute atomic E-state index is 0.203. The van der Waals surface area contributed by atoms with Crippen LogP contribution in [0, 0.1) is 5.82 Å². The van der Waals surface area contributed by atoms with Crippen molar-refractivity contribution in [2.24, 2.45) is 0 Å². The summed E-state index contributed by atoms with van der Waals surface area (Å²) in [7, 11) is 0. The largest absolute Gasteiger partial charge is 0.322 e. The third kappa shape index (κ3) is 2.96. The Morgan fingerprint density at radius 1 is 1.23 bits per heavy atom. The van der Waals surface area contributed by atoms with Crippen LogP contribution in [0.1, 0.15) is 21.3 Å². The normalized spacial score (nSPS) is 17.8. The zero-order chi connectivity index (χ0) is 15.7. The van der Waals surface area contributed by atoms with Gasteiger partial charge in [-0.25, -0.2) is 4.39 Å². The molecule has 114 valence electrons. The zero-order valence-electron chi connectivity index (χ0n) is 11.4. The van der Waals surface area contributed by atoms with E-state index in [0.29, 0.717) is 22.2 Å². The van der Waals surface area contributed by atoms with Crippen LogP contribution in [0.4, 0.5) is 4.39 Å². The number of nitrogens with zero attached hydrogens (tertiary/aromatic N) is 1. The molecule has 0 spiro atoms. The molecule has 22 heavy (non-hydrogen) atoms. The number of benzene rings is 2. The smallest absolute Gasteiger partial charge is 0.255 e. The number of carbonyl (C=O) groups excluding carboxylic acids is 1. The van der Waals surface area contributed by atoms with Crippen LogP contribution in [-0.2, 0) is 0 Å². The summed E-state index contributed by atoms with van der Waals surface area (Å²) in [6, 6.07) is 11.1. The van der Waals surface area contributed by atoms with Gasteiger partial charge in [0.15, 0.2) is 0 Å². The summed E-state index contributed by atoms with van der Waals surface area (Å²) in [5.41, 5.74) is 1.15. The SMILES string of the molecule is O=C(c1cccc(F)c1)N1CCSC1c1cccc(Cl)c1Cl. The number of hydrogen-bond acceptors (Lipinski definition) is 2. The Labute approximate surface area is 142 Å². The molecule has 1 heterocycles. The number of hydrogen-bond donors (Lipinski definition) is 0. The lowest BCUT2D eigenvalue weighted by atomic mass is 10.1. The summed E-state index contributed by atoms with van der Waals surface area (Å²) in [5.74, 6) is 0.176. The predicted octanol–water partition coefficient (Wildman–Crippen LogP) is 5.02. The van der Waals surface area contributed by atoms with E-state index in [1.165, 1.54) is 18.2 Å². The van der Waals surface area contributed by atoms with Crippen LogP contribution < -0.4 is 0 Å². The quantitative estimate of drug-likeness (QED) is 0.753. The van der Waals surface area contributed by atoms with E-state index in [2.05, 4.69) is 0 Å². The standard InChI is InChI=1S/C16H12Cl2FNOS/c17-13-6-2-5-12(14(13)18)16-20(7-8-22-16)15(21)10-3-1-4-11(19)9-10/h1-6,9,16H,7-8H2. The highest BCUT2D eigenvalue weighted by atomic mass is 35.5. The van der Waals surface area contributed by atoms with E-state index in [0.717, 1.165) is 11.3 Å². The average molecular weight is 356 g/mol. The Morgan fingerprint density at radius 2 is 2.00 bits per heavy atom. The van der Waals surface area contributed by atoms with Gasteiger partial charge in [-0.2, -0.15) is 0 Å². The maximum Gasteiger partial charge on any atom is 0.255 e. The number of halogens is 3. The van der Waals surface area contributed by atoms with Gasteiger partial charge < -0.3 is 4.90 Å². The highest BCUT2D eigenvalue weighted by Gasteiger charge is 2.33. The predicted molar refractivity (Wildman–Crippen MR) is 89.1 cm³/mol. The molecular formula is C16H12Cl2FNOS. The molecule has 0 aromatic heterocycles. The Balaban J connectivity index is 1.93. The van der Waals surface area contributed by atoms with Gasteiger partial charge >= 0.3 is 0 Å². The van der Waals surface area contributed by atoms with Crippen molar-refractivity contribution in [2.75, 3.05) is 12.3 Å². The summed E-state index contributed by atoms with van der Waals surface area (Å²) in [6.07, 6.45) is 0. The molecule has 1 fully saturated rings. The molecule has 1 saturated heterocycles. The van der Waals surface area contributed by atoms with Gasteiger partial charge in [-0.3, -0.25) is 4.79 Å². The van der Waals surface area contributed by atoms with Gasteiger partial charge in [-0.15, -0.1) is 11.8 Å². The maximum absolute atomic E-state index is 13.3. The molecule has 0 aliphatic carbocycles. The van der Waals surface area contributed by atoms with Crippen LogP contribution in [0.5, 0.6) is 0 Å².